The van der Waals surface area contributed by atoms with Gasteiger partial charge in [0, 0.05) is 13.1 Å². The molecule has 0 unspecified atom stereocenters. The second kappa shape index (κ2) is 7.70. The first kappa shape index (κ1) is 12.5. The molecule has 1 saturated heterocycles. The molecule has 0 aromatic heterocycles. The standard InChI is InChI=1S/C7H13N3S4/c11-6-4-13-10-14-5-7(12)9-3-1-2-8-6/h10H,1-5H2,(H,8,11)(H,9,12). The van der Waals surface area contributed by atoms with Crippen molar-refractivity contribution in [3.63, 3.8) is 0 Å². The Labute approximate surface area is 104 Å². The molecule has 0 aliphatic carbocycles. The highest BCUT2D eigenvalue weighted by molar-refractivity contribution is 8.13. The fraction of sp³-hybridized carbons (Fsp3) is 0.714. The van der Waals surface area contributed by atoms with Crippen LogP contribution in [0.4, 0.5) is 0 Å². The van der Waals surface area contributed by atoms with Crippen LogP contribution in [-0.4, -0.2) is 34.6 Å². The van der Waals surface area contributed by atoms with Crippen molar-refractivity contribution in [2.45, 2.75) is 6.42 Å². The van der Waals surface area contributed by atoms with E-state index in [9.17, 15) is 0 Å². The Hall–Kier alpha value is 0.440. The van der Waals surface area contributed by atoms with Gasteiger partial charge in [-0.3, -0.25) is 0 Å². The van der Waals surface area contributed by atoms with Crippen LogP contribution in [0, 0.1) is 0 Å². The predicted octanol–water partition coefficient (Wildman–Crippen LogP) is 1.11. The first-order valence-electron chi connectivity index (χ1n) is 4.31. The highest BCUT2D eigenvalue weighted by Crippen LogP contribution is 2.04. The lowest BCUT2D eigenvalue weighted by Crippen LogP contribution is -2.31. The van der Waals surface area contributed by atoms with Crippen molar-refractivity contribution in [2.75, 3.05) is 24.6 Å². The van der Waals surface area contributed by atoms with Gasteiger partial charge in [0.25, 0.3) is 0 Å². The van der Waals surface area contributed by atoms with Gasteiger partial charge < -0.3 is 10.6 Å². The Morgan fingerprint density at radius 1 is 0.929 bits per heavy atom. The van der Waals surface area contributed by atoms with Gasteiger partial charge in [0.15, 0.2) is 0 Å². The van der Waals surface area contributed by atoms with Crippen LogP contribution < -0.4 is 14.8 Å². The Bertz CT molecular complexity index is 171. The van der Waals surface area contributed by atoms with E-state index in [2.05, 4.69) is 14.8 Å². The molecule has 1 aliphatic heterocycles. The third-order valence-electron chi connectivity index (χ3n) is 1.52. The quantitative estimate of drug-likeness (QED) is 0.448. The van der Waals surface area contributed by atoms with Crippen molar-refractivity contribution >= 4 is 58.3 Å². The zero-order chi connectivity index (χ0) is 10.2. The summed E-state index contributed by atoms with van der Waals surface area (Å²) in [5.41, 5.74) is 0. The fourth-order valence-corrected chi connectivity index (χ4v) is 2.71. The first-order valence-corrected chi connectivity index (χ1v) is 7.10. The van der Waals surface area contributed by atoms with E-state index in [0.29, 0.717) is 0 Å². The SMILES string of the molecule is S=C1CSNSCC(=S)NCCCN1. The van der Waals surface area contributed by atoms with Crippen LogP contribution in [0.25, 0.3) is 0 Å². The van der Waals surface area contributed by atoms with Gasteiger partial charge >= 0.3 is 0 Å². The fourth-order valence-electron chi connectivity index (χ4n) is 0.878. The lowest BCUT2D eigenvalue weighted by Gasteiger charge is -2.12. The monoisotopic (exact) mass is 267 g/mol. The van der Waals surface area contributed by atoms with Crippen molar-refractivity contribution in [1.29, 1.82) is 0 Å². The van der Waals surface area contributed by atoms with Crippen LogP contribution in [0.2, 0.25) is 0 Å². The second-order valence-corrected chi connectivity index (χ2v) is 5.52. The molecule has 7 heteroatoms. The second-order valence-electron chi connectivity index (χ2n) is 2.71. The average molecular weight is 267 g/mol. The Morgan fingerprint density at radius 2 is 1.43 bits per heavy atom. The van der Waals surface area contributed by atoms with Crippen LogP contribution in [0.3, 0.4) is 0 Å². The summed E-state index contributed by atoms with van der Waals surface area (Å²) < 4.78 is 3.14. The maximum Gasteiger partial charge on any atom is 0.0867 e. The van der Waals surface area contributed by atoms with E-state index in [1.54, 1.807) is 23.9 Å². The molecule has 0 radical (unpaired) electrons. The van der Waals surface area contributed by atoms with Gasteiger partial charge in [-0.25, -0.2) is 4.13 Å². The third kappa shape index (κ3) is 6.02. The summed E-state index contributed by atoms with van der Waals surface area (Å²) in [5, 5.41) is 6.39. The molecule has 1 fully saturated rings. The van der Waals surface area contributed by atoms with Gasteiger partial charge in [0.05, 0.1) is 21.5 Å². The van der Waals surface area contributed by atoms with Gasteiger partial charge in [-0.1, -0.05) is 48.3 Å². The molecule has 3 nitrogen and oxygen atoms in total. The third-order valence-corrected chi connectivity index (χ3v) is 4.27. The Morgan fingerprint density at radius 3 is 1.93 bits per heavy atom. The van der Waals surface area contributed by atoms with Gasteiger partial charge in [-0.05, 0) is 6.42 Å². The minimum absolute atomic E-state index is 0.822. The van der Waals surface area contributed by atoms with E-state index in [0.717, 1.165) is 41.0 Å². The van der Waals surface area contributed by atoms with E-state index in [-0.39, 0.29) is 0 Å². The zero-order valence-electron chi connectivity index (χ0n) is 7.67. The normalized spacial score (nSPS) is 21.4. The van der Waals surface area contributed by atoms with E-state index in [1.165, 1.54) is 0 Å². The lowest BCUT2D eigenvalue weighted by atomic mass is 10.4. The van der Waals surface area contributed by atoms with Gasteiger partial charge in [-0.2, -0.15) is 0 Å². The van der Waals surface area contributed by atoms with Gasteiger partial charge in [0.2, 0.25) is 0 Å². The molecule has 1 rings (SSSR count). The lowest BCUT2D eigenvalue weighted by molar-refractivity contribution is 0.747. The van der Waals surface area contributed by atoms with Crippen molar-refractivity contribution in [2.24, 2.45) is 0 Å². The molecule has 1 aliphatic rings. The molecule has 3 N–H and O–H groups in total. The molecular weight excluding hydrogens is 254 g/mol. The highest BCUT2D eigenvalue weighted by Gasteiger charge is 2.01. The van der Waals surface area contributed by atoms with E-state index < -0.39 is 0 Å². The number of hydrogen-bond acceptors (Lipinski definition) is 5. The van der Waals surface area contributed by atoms with Gasteiger partial charge in [-0.15, -0.1) is 0 Å². The topological polar surface area (TPSA) is 36.1 Å². The van der Waals surface area contributed by atoms with Gasteiger partial charge in [0.1, 0.15) is 0 Å². The molecule has 0 bridgehead atoms. The highest BCUT2D eigenvalue weighted by atomic mass is 32.2. The Kier molecular flexibility index (Phi) is 6.88. The minimum Gasteiger partial charge on any atom is -0.379 e. The molecule has 0 aromatic rings. The molecule has 0 amide bonds. The number of thiocarbonyl (C=S) groups is 2. The first-order chi connectivity index (χ1) is 6.79. The number of hydrogen-bond donors (Lipinski definition) is 3. The number of nitrogens with one attached hydrogen (secondary N) is 3. The molecule has 0 aromatic carbocycles. The number of rotatable bonds is 0. The van der Waals surface area contributed by atoms with Crippen molar-refractivity contribution < 1.29 is 0 Å². The summed E-state index contributed by atoms with van der Waals surface area (Å²) in [7, 11) is 0. The Balaban J connectivity index is 2.26. The maximum absolute atomic E-state index is 5.13. The molecule has 0 atom stereocenters. The van der Waals surface area contributed by atoms with Crippen molar-refractivity contribution in [3.05, 3.63) is 0 Å². The van der Waals surface area contributed by atoms with Crippen LogP contribution in [0.5, 0.6) is 0 Å². The molecule has 1 heterocycles. The molecular formula is C7H13N3S4. The molecule has 0 spiro atoms. The summed E-state index contributed by atoms with van der Waals surface area (Å²) in [4.78, 5) is 1.82. The maximum atomic E-state index is 5.13. The molecule has 0 saturated carbocycles. The molecule has 14 heavy (non-hydrogen) atoms. The minimum atomic E-state index is 0.822. The van der Waals surface area contributed by atoms with Crippen molar-refractivity contribution in [1.82, 2.24) is 14.8 Å². The van der Waals surface area contributed by atoms with Crippen LogP contribution in [0.1, 0.15) is 6.42 Å². The van der Waals surface area contributed by atoms with Crippen LogP contribution >= 0.6 is 48.3 Å². The van der Waals surface area contributed by atoms with E-state index >= 15 is 0 Å². The van der Waals surface area contributed by atoms with Crippen LogP contribution in [0.15, 0.2) is 0 Å². The van der Waals surface area contributed by atoms with Crippen LogP contribution in [-0.2, 0) is 0 Å². The summed E-state index contributed by atoms with van der Waals surface area (Å²) in [6.45, 7) is 1.84. The summed E-state index contributed by atoms with van der Waals surface area (Å²) in [5.74, 6) is 1.64. The average Bonchev–Trinajstić information content (AvgIpc) is 2.14. The molecule has 80 valence electrons. The summed E-state index contributed by atoms with van der Waals surface area (Å²) in [6.07, 6.45) is 1.04. The largest absolute Gasteiger partial charge is 0.379 e. The zero-order valence-corrected chi connectivity index (χ0v) is 10.9. The predicted molar refractivity (Wildman–Crippen MR) is 73.9 cm³/mol. The van der Waals surface area contributed by atoms with Crippen molar-refractivity contribution in [3.8, 4) is 0 Å². The van der Waals surface area contributed by atoms with E-state index in [1.807, 2.05) is 0 Å². The summed E-state index contributed by atoms with van der Waals surface area (Å²) in [6, 6.07) is 0. The van der Waals surface area contributed by atoms with E-state index in [4.69, 9.17) is 24.4 Å². The smallest absolute Gasteiger partial charge is 0.0867 e. The summed E-state index contributed by atoms with van der Waals surface area (Å²) >= 11 is 13.5.